The number of esters is 3. The zero-order chi connectivity index (χ0) is 85.9. The Bertz CT molecular complexity index is 3790. The summed E-state index contributed by atoms with van der Waals surface area (Å²) in [4.78, 5) is 188. The second-order valence-electron chi connectivity index (χ2n) is 30.3. The molecule has 14 atom stereocenters. The van der Waals surface area contributed by atoms with Gasteiger partial charge in [0.15, 0.2) is 6.10 Å². The van der Waals surface area contributed by atoms with Crippen molar-refractivity contribution < 1.29 is 109 Å². The van der Waals surface area contributed by atoms with E-state index < -0.39 is 173 Å². The molecule has 115 heavy (non-hydrogen) atoms. The van der Waals surface area contributed by atoms with Gasteiger partial charge in [0.05, 0.1) is 32.1 Å². The second-order valence-corrected chi connectivity index (χ2v) is 33.8. The van der Waals surface area contributed by atoms with Gasteiger partial charge in [-0.1, -0.05) is 121 Å². The van der Waals surface area contributed by atoms with Gasteiger partial charge in [-0.15, -0.1) is 0 Å². The molecular formula is C80H122ClN9O23P2. The van der Waals surface area contributed by atoms with Gasteiger partial charge in [-0.3, -0.25) is 52.2 Å². The van der Waals surface area contributed by atoms with Crippen molar-refractivity contribution in [1.82, 2.24) is 36.4 Å². The molecule has 0 radical (unpaired) electrons. The molecule has 4 rings (SSSR count). The SMILES string of the molecule is C/C=C(\C)[C@H]1OC(=O)[C@@H](C)NC(=O)[C@H](C(C)CC)NC(=O)CN(C)C(=O)[C@@H](Cc2ccc(Cl)cc2)N(C)C(=O)[C@H](C)NC(=O)[C@@H](CC(C)C)OC(=O)/C(C)=C/CC[C@H](OC(=O)NCCCCCOP(=O)(O)OP(=O)(O)OCc2ccc(NC(=O)[C@H](CCCCC(N)=O)NC(=O)[C@H](CC(=O)OC3CC/C=C/CCC3)C(C)C)cc2)[C@@H]1C. The number of phosphoric ester groups is 2. The fraction of sp³-hybridized carbons (Fsp3) is 0.625. The predicted octanol–water partition coefficient (Wildman–Crippen LogP) is 10.2. The number of cyclic esters (lactones) is 2. The van der Waals surface area contributed by atoms with E-state index in [1.165, 1.54) is 65.2 Å². The van der Waals surface area contributed by atoms with Crippen LogP contribution in [0.25, 0.3) is 0 Å². The first-order valence-electron chi connectivity index (χ1n) is 39.4. The molecule has 0 saturated carbocycles. The van der Waals surface area contributed by atoms with E-state index in [4.69, 9.17) is 45.3 Å². The largest absolute Gasteiger partial charge is 0.481 e. The number of carbonyl (C=O) groups is 12. The van der Waals surface area contributed by atoms with Crippen LogP contribution in [0.5, 0.6) is 0 Å². The Hall–Kier alpha value is -8.35. The summed E-state index contributed by atoms with van der Waals surface area (Å²) in [7, 11) is -7.76. The number of phosphoric acid groups is 2. The van der Waals surface area contributed by atoms with Crippen LogP contribution < -0.4 is 37.6 Å². The number of hydrogen-bond donors (Lipinski definition) is 9. The van der Waals surface area contributed by atoms with Crippen molar-refractivity contribution in [3.63, 3.8) is 0 Å². The Morgan fingerprint density at radius 1 is 0.765 bits per heavy atom. The minimum atomic E-state index is -5.27. The number of benzene rings is 2. The summed E-state index contributed by atoms with van der Waals surface area (Å²) in [5, 5.41) is 16.6. The van der Waals surface area contributed by atoms with Crippen LogP contribution in [0.1, 0.15) is 203 Å². The molecule has 4 unspecified atom stereocenters. The van der Waals surface area contributed by atoms with Gasteiger partial charge in [-0.2, -0.15) is 4.31 Å². The number of amides is 9. The molecule has 0 aromatic heterocycles. The van der Waals surface area contributed by atoms with Gasteiger partial charge in [0.2, 0.25) is 41.4 Å². The van der Waals surface area contributed by atoms with Crippen LogP contribution in [-0.4, -0.2) is 179 Å². The predicted molar refractivity (Wildman–Crippen MR) is 430 cm³/mol. The number of carbonyl (C=O) groups excluding carboxylic acids is 12. The van der Waals surface area contributed by atoms with Crippen molar-refractivity contribution in [2.45, 2.75) is 260 Å². The first-order chi connectivity index (χ1) is 54.1. The Labute approximate surface area is 680 Å². The molecule has 0 bridgehead atoms. The number of likely N-dealkylation sites (N-methyl/N-ethyl adjacent to an activating group) is 2. The quantitative estimate of drug-likeness (QED) is 0.0105. The molecule has 2 aliphatic rings. The number of primary amides is 1. The number of alkyl carbamates (subject to hydrolysis) is 1. The molecule has 642 valence electrons. The van der Waals surface area contributed by atoms with E-state index in [2.05, 4.69) is 48.4 Å². The number of unbranched alkanes of at least 4 members (excludes halogenated alkanes) is 3. The Morgan fingerprint density at radius 2 is 1.42 bits per heavy atom. The summed E-state index contributed by atoms with van der Waals surface area (Å²) >= 11 is 6.18. The molecule has 0 saturated heterocycles. The first-order valence-corrected chi connectivity index (χ1v) is 42.8. The minimum Gasteiger partial charge on any atom is -0.462 e. The summed E-state index contributed by atoms with van der Waals surface area (Å²) in [6, 6.07) is 6.20. The van der Waals surface area contributed by atoms with E-state index >= 15 is 0 Å². The van der Waals surface area contributed by atoms with Gasteiger partial charge in [0.25, 0.3) is 5.91 Å². The van der Waals surface area contributed by atoms with Crippen molar-refractivity contribution in [2.75, 3.05) is 39.1 Å². The Balaban J connectivity index is 1.42. The van der Waals surface area contributed by atoms with E-state index in [1.807, 2.05) is 13.8 Å². The fourth-order valence-electron chi connectivity index (χ4n) is 12.6. The lowest BCUT2D eigenvalue weighted by Crippen LogP contribution is -2.57. The molecule has 1 aliphatic carbocycles. The number of anilines is 1. The van der Waals surface area contributed by atoms with Gasteiger partial charge in [0.1, 0.15) is 48.5 Å². The summed E-state index contributed by atoms with van der Waals surface area (Å²) in [6.07, 6.45) is 8.35. The maximum Gasteiger partial charge on any atom is 0.481 e. The third-order valence-electron chi connectivity index (χ3n) is 19.9. The fourth-order valence-corrected chi connectivity index (χ4v) is 14.8. The zero-order valence-corrected chi connectivity index (χ0v) is 71.3. The summed E-state index contributed by atoms with van der Waals surface area (Å²) < 4.78 is 64.1. The van der Waals surface area contributed by atoms with E-state index in [0.717, 1.165) is 29.1 Å². The maximum atomic E-state index is 14.5. The highest BCUT2D eigenvalue weighted by molar-refractivity contribution is 7.61. The molecule has 10 N–H and O–H groups in total. The summed E-state index contributed by atoms with van der Waals surface area (Å²) in [5.74, 6) is -10.2. The molecule has 35 heteroatoms. The monoisotopic (exact) mass is 1670 g/mol. The summed E-state index contributed by atoms with van der Waals surface area (Å²) in [6.45, 7) is 18.4. The Morgan fingerprint density at radius 3 is 2.06 bits per heavy atom. The first kappa shape index (κ1) is 99.0. The minimum absolute atomic E-state index is 0.00201. The molecule has 0 spiro atoms. The van der Waals surface area contributed by atoms with E-state index in [9.17, 15) is 76.5 Å². The van der Waals surface area contributed by atoms with E-state index in [0.29, 0.717) is 48.3 Å². The van der Waals surface area contributed by atoms with Crippen molar-refractivity contribution in [3.05, 3.63) is 100 Å². The van der Waals surface area contributed by atoms with Crippen LogP contribution in [0, 0.1) is 29.6 Å². The average molecular weight is 1680 g/mol. The van der Waals surface area contributed by atoms with Crippen LogP contribution in [-0.2, 0) is 107 Å². The lowest BCUT2D eigenvalue weighted by atomic mass is 9.90. The number of hydrogen-bond acceptors (Lipinski definition) is 21. The maximum absolute atomic E-state index is 14.5. The number of rotatable bonds is 33. The zero-order valence-electron chi connectivity index (χ0n) is 68.8. The van der Waals surface area contributed by atoms with Gasteiger partial charge in [-0.25, -0.2) is 23.5 Å². The van der Waals surface area contributed by atoms with Crippen molar-refractivity contribution >= 4 is 104 Å². The lowest BCUT2D eigenvalue weighted by molar-refractivity contribution is -0.155. The number of nitrogens with one attached hydrogen (secondary N) is 6. The number of nitrogens with two attached hydrogens (primary N) is 1. The molecule has 32 nitrogen and oxygen atoms in total. The average Bonchev–Trinajstić information content (AvgIpc) is 0.889. The third-order valence-corrected chi connectivity index (χ3v) is 22.8. The smallest absolute Gasteiger partial charge is 0.462 e. The number of halogens is 1. The van der Waals surface area contributed by atoms with Crippen molar-refractivity contribution in [2.24, 2.45) is 35.3 Å². The van der Waals surface area contributed by atoms with Crippen LogP contribution in [0.4, 0.5) is 10.5 Å². The lowest BCUT2D eigenvalue weighted by Gasteiger charge is -2.33. The second kappa shape index (κ2) is 49.7. The van der Waals surface area contributed by atoms with Crippen LogP contribution in [0.3, 0.4) is 0 Å². The van der Waals surface area contributed by atoms with Crippen molar-refractivity contribution in [3.8, 4) is 0 Å². The molecule has 0 fully saturated rings. The van der Waals surface area contributed by atoms with Crippen molar-refractivity contribution in [1.29, 1.82) is 0 Å². The standard InChI is InChI=1S/C80H122ClN9O23P2/c1-15-51(7)70-75(97)85-56(12)79(101)112-71(52(8)16-2)54(10)65(32-27-28-53(9)78(100)110-66(44-49(3)4)74(96)84-55(11)76(98)90(14)64(45-57-34-38-59(81)39-35-57)77(99)89(13)47-68(92)88-70)111-80(102)83-42-25-20-26-43-107-114(103,104)113-115(105,106)108-48-58-36-40-60(41-37-58)86-73(95)63(31-23-24-33-67(82)91)87-72(94)62(50(5)6)46-69(93)109-61-29-21-18-17-19-22-30-61/h16-18,28,34-41,49-51,54-56,61-66,70-71H,15,19-27,29-33,42-48H2,1-14H3,(H2,82,91)(H,83,102)(H,84,96)(H,85,97)(H,86,95)(H,87,94)(H,88,92)(H,103,104)(H,105,106)/b18-17+,52-16+,53-28+/t51?,54-,55-,56+,61?,62+,63-,64+,65-,66+,70-,71+/m0/s1. The number of allylic oxidation sites excluding steroid dienone is 4. The Kier molecular flexibility index (Phi) is 42.8. The van der Waals surface area contributed by atoms with Crippen LogP contribution in [0.2, 0.25) is 5.02 Å². The topological polar surface area (TPSA) is 449 Å². The normalized spacial score (nSPS) is 23.9. The molecule has 9 amide bonds. The molecule has 2 aromatic carbocycles. The highest BCUT2D eigenvalue weighted by Crippen LogP contribution is 2.60. The van der Waals surface area contributed by atoms with Crippen LogP contribution in [0.15, 0.2) is 84.0 Å². The molecular weight excluding hydrogens is 1550 g/mol. The molecule has 1 aliphatic heterocycles. The summed E-state index contributed by atoms with van der Waals surface area (Å²) in [5.41, 5.74) is 7.06. The van der Waals surface area contributed by atoms with E-state index in [-0.39, 0.29) is 106 Å². The number of ether oxygens (including phenoxy) is 4. The highest BCUT2D eigenvalue weighted by atomic mass is 35.5. The molecule has 1 heterocycles. The molecule has 2 aromatic rings. The number of nitrogens with zero attached hydrogens (tertiary/aromatic N) is 2. The highest BCUT2D eigenvalue weighted by Gasteiger charge is 2.40. The van der Waals surface area contributed by atoms with Crippen LogP contribution >= 0.6 is 27.2 Å². The van der Waals surface area contributed by atoms with Gasteiger partial charge in [0, 0.05) is 55.7 Å². The van der Waals surface area contributed by atoms with Gasteiger partial charge in [-0.05, 0) is 177 Å². The third kappa shape index (κ3) is 36.0. The van der Waals surface area contributed by atoms with Gasteiger partial charge >= 0.3 is 39.6 Å². The van der Waals surface area contributed by atoms with Gasteiger partial charge < -0.3 is 76.2 Å². The van der Waals surface area contributed by atoms with E-state index in [1.54, 1.807) is 78.8 Å².